The second kappa shape index (κ2) is 6.37. The molecule has 7 nitrogen and oxygen atoms in total. The number of amides is 2. The van der Waals surface area contributed by atoms with E-state index in [9.17, 15) is 9.59 Å². The van der Waals surface area contributed by atoms with Gasteiger partial charge in [-0.1, -0.05) is 0 Å². The summed E-state index contributed by atoms with van der Waals surface area (Å²) in [4.78, 5) is 32.4. The van der Waals surface area contributed by atoms with Gasteiger partial charge in [-0.3, -0.25) is 14.3 Å². The Kier molecular flexibility index (Phi) is 4.29. The minimum atomic E-state index is -0.413. The normalized spacial score (nSPS) is 28.8. The van der Waals surface area contributed by atoms with Crippen molar-refractivity contribution >= 4 is 11.8 Å². The van der Waals surface area contributed by atoms with Gasteiger partial charge in [0, 0.05) is 50.9 Å². The van der Waals surface area contributed by atoms with Crippen molar-refractivity contribution in [2.75, 3.05) is 46.3 Å². The number of hydrogen-bond acceptors (Lipinski definition) is 4. The summed E-state index contributed by atoms with van der Waals surface area (Å²) >= 11 is 0. The first-order valence-corrected chi connectivity index (χ1v) is 9.66. The first-order chi connectivity index (χ1) is 12.4. The molecule has 0 aliphatic carbocycles. The van der Waals surface area contributed by atoms with Gasteiger partial charge in [0.2, 0.25) is 11.8 Å². The molecule has 3 aliphatic heterocycles. The number of carbonyl (C=O) groups is 2. The van der Waals surface area contributed by atoms with Crippen molar-refractivity contribution in [1.29, 1.82) is 0 Å². The molecule has 3 saturated heterocycles. The fourth-order valence-electron chi connectivity index (χ4n) is 5.11. The molecule has 4 heterocycles. The van der Waals surface area contributed by atoms with Crippen LogP contribution in [0.2, 0.25) is 0 Å². The lowest BCUT2D eigenvalue weighted by Crippen LogP contribution is -2.49. The molecule has 0 unspecified atom stereocenters. The van der Waals surface area contributed by atoms with Crippen molar-refractivity contribution < 1.29 is 9.59 Å². The van der Waals surface area contributed by atoms with Crippen molar-refractivity contribution in [3.05, 3.63) is 17.5 Å². The molecule has 0 bridgehead atoms. The molecule has 0 radical (unpaired) electrons. The lowest BCUT2D eigenvalue weighted by Gasteiger charge is -2.32. The van der Waals surface area contributed by atoms with Crippen LogP contribution in [0.5, 0.6) is 0 Å². The van der Waals surface area contributed by atoms with E-state index >= 15 is 0 Å². The predicted molar refractivity (Wildman–Crippen MR) is 97.5 cm³/mol. The van der Waals surface area contributed by atoms with E-state index in [0.29, 0.717) is 13.1 Å². The van der Waals surface area contributed by atoms with Crippen LogP contribution in [-0.4, -0.2) is 82.6 Å². The van der Waals surface area contributed by atoms with Crippen LogP contribution in [0.4, 0.5) is 0 Å². The minimum Gasteiger partial charge on any atom is -0.342 e. The molecule has 1 aromatic rings. The summed E-state index contributed by atoms with van der Waals surface area (Å²) in [5.74, 6) is 0.581. The second-order valence-corrected chi connectivity index (χ2v) is 8.41. The summed E-state index contributed by atoms with van der Waals surface area (Å²) in [5.41, 5.74) is 1.51. The molecular weight excluding hydrogens is 330 g/mol. The predicted octanol–water partition coefficient (Wildman–Crippen LogP) is 0.513. The molecular formula is C19H29N5O2. The van der Waals surface area contributed by atoms with E-state index in [1.165, 1.54) is 0 Å². The van der Waals surface area contributed by atoms with Gasteiger partial charge in [0.05, 0.1) is 11.1 Å². The standard InChI is InChI=1S/C19H29N5O2/c1-14-8-15(2)24(20-14)11-17(25)23-10-16-9-21(3)12-19(16,13-23)18(26)22-6-4-5-7-22/h8,16H,4-7,9-13H2,1-3H3/t16-,19-/m0/s1. The maximum Gasteiger partial charge on any atom is 0.244 e. The maximum absolute atomic E-state index is 13.3. The number of likely N-dealkylation sites (tertiary alicyclic amines) is 3. The van der Waals surface area contributed by atoms with E-state index < -0.39 is 5.41 Å². The third kappa shape index (κ3) is 2.82. The summed E-state index contributed by atoms with van der Waals surface area (Å²) in [6, 6.07) is 1.99. The van der Waals surface area contributed by atoms with Crippen LogP contribution in [0.1, 0.15) is 24.2 Å². The lowest BCUT2D eigenvalue weighted by atomic mass is 9.79. The Morgan fingerprint density at radius 2 is 1.88 bits per heavy atom. The van der Waals surface area contributed by atoms with E-state index in [1.54, 1.807) is 4.68 Å². The van der Waals surface area contributed by atoms with Crippen molar-refractivity contribution in [1.82, 2.24) is 24.5 Å². The topological polar surface area (TPSA) is 61.7 Å². The van der Waals surface area contributed by atoms with Crippen LogP contribution in [0.15, 0.2) is 6.07 Å². The molecule has 26 heavy (non-hydrogen) atoms. The van der Waals surface area contributed by atoms with E-state index in [4.69, 9.17) is 0 Å². The zero-order valence-corrected chi connectivity index (χ0v) is 16.1. The molecule has 3 fully saturated rings. The zero-order chi connectivity index (χ0) is 18.5. The highest BCUT2D eigenvalue weighted by Crippen LogP contribution is 2.44. The Labute approximate surface area is 154 Å². The lowest BCUT2D eigenvalue weighted by molar-refractivity contribution is -0.141. The van der Waals surface area contributed by atoms with Crippen LogP contribution in [-0.2, 0) is 16.1 Å². The number of aryl methyl sites for hydroxylation is 2. The SMILES string of the molecule is Cc1cc(C)n(CC(=O)N2C[C@@H]3CN(C)C[C@]3(C(=O)N3CCCC3)C2)n1. The third-order valence-corrected chi connectivity index (χ3v) is 6.34. The fourth-order valence-corrected chi connectivity index (χ4v) is 5.11. The number of nitrogens with zero attached hydrogens (tertiary/aromatic N) is 5. The van der Waals surface area contributed by atoms with E-state index in [0.717, 1.165) is 50.4 Å². The largest absolute Gasteiger partial charge is 0.342 e. The van der Waals surface area contributed by atoms with Gasteiger partial charge in [0.15, 0.2) is 0 Å². The fraction of sp³-hybridized carbons (Fsp3) is 0.737. The summed E-state index contributed by atoms with van der Waals surface area (Å²) in [7, 11) is 2.08. The summed E-state index contributed by atoms with van der Waals surface area (Å²) in [6.07, 6.45) is 2.20. The highest BCUT2D eigenvalue weighted by Gasteiger charge is 2.58. The molecule has 0 saturated carbocycles. The first kappa shape index (κ1) is 17.5. The quantitative estimate of drug-likeness (QED) is 0.789. The van der Waals surface area contributed by atoms with Gasteiger partial charge >= 0.3 is 0 Å². The molecule has 2 atom stereocenters. The summed E-state index contributed by atoms with van der Waals surface area (Å²) in [6.45, 7) is 8.80. The minimum absolute atomic E-state index is 0.0712. The average molecular weight is 359 g/mol. The smallest absolute Gasteiger partial charge is 0.244 e. The first-order valence-electron chi connectivity index (χ1n) is 9.66. The van der Waals surface area contributed by atoms with Crippen molar-refractivity contribution in [2.24, 2.45) is 11.3 Å². The third-order valence-electron chi connectivity index (χ3n) is 6.34. The monoisotopic (exact) mass is 359 g/mol. The van der Waals surface area contributed by atoms with Crippen LogP contribution in [0, 0.1) is 25.2 Å². The van der Waals surface area contributed by atoms with Gasteiger partial charge in [-0.05, 0) is 39.8 Å². The van der Waals surface area contributed by atoms with Crippen LogP contribution in [0.25, 0.3) is 0 Å². The van der Waals surface area contributed by atoms with E-state index in [2.05, 4.69) is 17.0 Å². The molecule has 4 rings (SSSR count). The van der Waals surface area contributed by atoms with Gasteiger partial charge in [-0.25, -0.2) is 0 Å². The number of aromatic nitrogens is 2. The Balaban J connectivity index is 1.51. The van der Waals surface area contributed by atoms with Crippen molar-refractivity contribution in [2.45, 2.75) is 33.2 Å². The van der Waals surface area contributed by atoms with Crippen molar-refractivity contribution in [3.63, 3.8) is 0 Å². The maximum atomic E-state index is 13.3. The van der Waals surface area contributed by atoms with Gasteiger partial charge in [-0.15, -0.1) is 0 Å². The summed E-state index contributed by atoms with van der Waals surface area (Å²) < 4.78 is 1.77. The molecule has 1 aromatic heterocycles. The van der Waals surface area contributed by atoms with Gasteiger partial charge in [-0.2, -0.15) is 5.10 Å². The molecule has 0 N–H and O–H groups in total. The second-order valence-electron chi connectivity index (χ2n) is 8.41. The number of rotatable bonds is 3. The molecule has 0 aromatic carbocycles. The highest BCUT2D eigenvalue weighted by molar-refractivity contribution is 5.87. The molecule has 3 aliphatic rings. The van der Waals surface area contributed by atoms with Crippen molar-refractivity contribution in [3.8, 4) is 0 Å². The molecule has 7 heteroatoms. The number of hydrogen-bond donors (Lipinski definition) is 0. The average Bonchev–Trinajstić information content (AvgIpc) is 3.31. The van der Waals surface area contributed by atoms with Gasteiger partial charge in [0.1, 0.15) is 6.54 Å². The number of carbonyl (C=O) groups excluding carboxylic acids is 2. The molecule has 142 valence electrons. The molecule has 0 spiro atoms. The van der Waals surface area contributed by atoms with Crippen LogP contribution >= 0.6 is 0 Å². The van der Waals surface area contributed by atoms with E-state index in [1.807, 2.05) is 29.7 Å². The Morgan fingerprint density at radius 3 is 2.54 bits per heavy atom. The Hall–Kier alpha value is -1.89. The Bertz CT molecular complexity index is 724. The number of fused-ring (bicyclic) bond motifs is 1. The van der Waals surface area contributed by atoms with Crippen LogP contribution in [0.3, 0.4) is 0 Å². The summed E-state index contributed by atoms with van der Waals surface area (Å²) in [5, 5.41) is 4.41. The molecule has 2 amide bonds. The van der Waals surface area contributed by atoms with Gasteiger partial charge < -0.3 is 14.7 Å². The van der Waals surface area contributed by atoms with E-state index in [-0.39, 0.29) is 24.3 Å². The van der Waals surface area contributed by atoms with Crippen LogP contribution < -0.4 is 0 Å². The zero-order valence-electron chi connectivity index (χ0n) is 16.1. The highest BCUT2D eigenvalue weighted by atomic mass is 16.2. The Morgan fingerprint density at radius 1 is 1.15 bits per heavy atom. The van der Waals surface area contributed by atoms with Gasteiger partial charge in [0.25, 0.3) is 0 Å².